The number of aromatic nitrogens is 1. The number of benzene rings is 1. The van der Waals surface area contributed by atoms with Gasteiger partial charge in [0.05, 0.1) is 11.4 Å². The first-order valence-corrected chi connectivity index (χ1v) is 7.84. The number of thioether (sulfide) groups is 1. The first-order chi connectivity index (χ1) is 9.22. The minimum atomic E-state index is 0.431. The monoisotopic (exact) mass is 275 g/mol. The molecule has 1 aromatic heterocycles. The van der Waals surface area contributed by atoms with Crippen LogP contribution >= 0.6 is 11.8 Å². The summed E-state index contributed by atoms with van der Waals surface area (Å²) in [6.07, 6.45) is 4.77. The van der Waals surface area contributed by atoms with E-state index in [0.717, 1.165) is 28.6 Å². The average molecular weight is 275 g/mol. The van der Waals surface area contributed by atoms with Crippen LogP contribution in [-0.2, 0) is 0 Å². The first kappa shape index (κ1) is 14.0. The lowest BCUT2D eigenvalue weighted by Crippen LogP contribution is -2.17. The van der Waals surface area contributed by atoms with Gasteiger partial charge in [0.1, 0.15) is 0 Å². The number of nitrogens with one attached hydrogen (secondary N) is 1. The highest BCUT2D eigenvalue weighted by Crippen LogP contribution is 2.28. The number of fused-ring (bicyclic) bond motifs is 1. The Morgan fingerprint density at radius 3 is 3.00 bits per heavy atom. The van der Waals surface area contributed by atoms with Crippen molar-refractivity contribution in [1.29, 1.82) is 0 Å². The van der Waals surface area contributed by atoms with Crippen LogP contribution in [0.3, 0.4) is 0 Å². The Balaban J connectivity index is 2.10. The second-order valence-electron chi connectivity index (χ2n) is 4.65. The van der Waals surface area contributed by atoms with E-state index < -0.39 is 0 Å². The van der Waals surface area contributed by atoms with Gasteiger partial charge in [-0.1, -0.05) is 13.0 Å². The topological polar surface area (TPSA) is 50.9 Å². The van der Waals surface area contributed by atoms with Crippen LogP contribution < -0.4 is 11.1 Å². The lowest BCUT2D eigenvalue weighted by atomic mass is 10.1. The molecule has 0 aliphatic heterocycles. The molecule has 3 N–H and O–H groups in total. The van der Waals surface area contributed by atoms with Crippen LogP contribution in [-0.4, -0.2) is 22.5 Å². The maximum atomic E-state index is 6.23. The average Bonchev–Trinajstić information content (AvgIpc) is 2.43. The van der Waals surface area contributed by atoms with Crippen molar-refractivity contribution in [3.05, 3.63) is 30.6 Å². The molecule has 0 saturated carbocycles. The summed E-state index contributed by atoms with van der Waals surface area (Å²) < 4.78 is 0. The zero-order chi connectivity index (χ0) is 13.7. The van der Waals surface area contributed by atoms with Crippen LogP contribution in [0.15, 0.2) is 30.6 Å². The molecule has 0 aliphatic carbocycles. The van der Waals surface area contributed by atoms with E-state index in [1.165, 1.54) is 11.5 Å². The van der Waals surface area contributed by atoms with Crippen molar-refractivity contribution < 1.29 is 0 Å². The van der Waals surface area contributed by atoms with E-state index in [-0.39, 0.29) is 0 Å². The van der Waals surface area contributed by atoms with Gasteiger partial charge in [-0.15, -0.1) is 0 Å². The van der Waals surface area contributed by atoms with E-state index in [2.05, 4.69) is 30.2 Å². The molecule has 3 nitrogen and oxygen atoms in total. The normalized spacial score (nSPS) is 12.5. The maximum Gasteiger partial charge on any atom is 0.0630 e. The molecule has 1 aromatic carbocycles. The molecule has 0 saturated heterocycles. The predicted octanol–water partition coefficient (Wildman–Crippen LogP) is 3.76. The Labute approximate surface area is 119 Å². The minimum absolute atomic E-state index is 0.431. The van der Waals surface area contributed by atoms with Crippen LogP contribution in [0.1, 0.15) is 20.3 Å². The number of hydrogen-bond acceptors (Lipinski definition) is 4. The third-order valence-corrected chi connectivity index (χ3v) is 4.10. The third kappa shape index (κ3) is 3.53. The van der Waals surface area contributed by atoms with Crippen molar-refractivity contribution >= 4 is 33.9 Å². The Morgan fingerprint density at radius 2 is 2.21 bits per heavy atom. The van der Waals surface area contributed by atoms with E-state index in [0.29, 0.717) is 6.04 Å². The molecule has 0 radical (unpaired) electrons. The third-order valence-electron chi connectivity index (χ3n) is 3.16. The second kappa shape index (κ2) is 6.66. The molecule has 102 valence electrons. The highest BCUT2D eigenvalue weighted by molar-refractivity contribution is 7.99. The summed E-state index contributed by atoms with van der Waals surface area (Å²) in [5.41, 5.74) is 8.06. The summed E-state index contributed by atoms with van der Waals surface area (Å²) in [5, 5.41) is 5.65. The van der Waals surface area contributed by atoms with Crippen molar-refractivity contribution in [3.8, 4) is 0 Å². The molecule has 19 heavy (non-hydrogen) atoms. The van der Waals surface area contributed by atoms with E-state index in [4.69, 9.17) is 5.73 Å². The Kier molecular flexibility index (Phi) is 4.91. The van der Waals surface area contributed by atoms with Gasteiger partial charge in [-0.25, -0.2) is 0 Å². The standard InChI is InChI=1S/C15H21N3S/c1-3-19-9-7-11(2)18-14-5-4-12-10-17-8-6-13(12)15(14)16/h4-6,8,10-11,18H,3,7,9,16H2,1-2H3. The second-order valence-corrected chi connectivity index (χ2v) is 6.05. The number of nitrogen functional groups attached to an aromatic ring is 1. The molecular weight excluding hydrogens is 254 g/mol. The molecule has 0 spiro atoms. The van der Waals surface area contributed by atoms with Gasteiger partial charge in [0.2, 0.25) is 0 Å². The number of nitrogens with zero attached hydrogens (tertiary/aromatic N) is 1. The maximum absolute atomic E-state index is 6.23. The number of hydrogen-bond donors (Lipinski definition) is 2. The lowest BCUT2D eigenvalue weighted by molar-refractivity contribution is 0.772. The number of anilines is 2. The van der Waals surface area contributed by atoms with Crippen molar-refractivity contribution in [1.82, 2.24) is 4.98 Å². The van der Waals surface area contributed by atoms with Gasteiger partial charge in [-0.3, -0.25) is 4.98 Å². The molecule has 0 bridgehead atoms. The molecule has 1 atom stereocenters. The van der Waals surface area contributed by atoms with Gasteiger partial charge in [0.15, 0.2) is 0 Å². The van der Waals surface area contributed by atoms with Crippen LogP contribution in [0.2, 0.25) is 0 Å². The minimum Gasteiger partial charge on any atom is -0.397 e. The van der Waals surface area contributed by atoms with E-state index in [1.807, 2.05) is 30.1 Å². The molecule has 4 heteroatoms. The van der Waals surface area contributed by atoms with Gasteiger partial charge in [-0.05, 0) is 37.0 Å². The summed E-state index contributed by atoms with van der Waals surface area (Å²) in [4.78, 5) is 4.12. The molecule has 2 aromatic rings. The number of nitrogens with two attached hydrogens (primary N) is 1. The number of rotatable bonds is 6. The SMILES string of the molecule is CCSCCC(C)Nc1ccc2cnccc2c1N. The largest absolute Gasteiger partial charge is 0.397 e. The van der Waals surface area contributed by atoms with Crippen LogP contribution in [0, 0.1) is 0 Å². The number of pyridine rings is 1. The molecule has 0 aliphatic rings. The summed E-state index contributed by atoms with van der Waals surface area (Å²) in [5.74, 6) is 2.36. The molecule has 1 heterocycles. The van der Waals surface area contributed by atoms with Crippen molar-refractivity contribution in [2.45, 2.75) is 26.3 Å². The molecule has 2 rings (SSSR count). The van der Waals surface area contributed by atoms with E-state index in [1.54, 1.807) is 6.20 Å². The van der Waals surface area contributed by atoms with E-state index >= 15 is 0 Å². The summed E-state index contributed by atoms with van der Waals surface area (Å²) in [6, 6.07) is 6.51. The van der Waals surface area contributed by atoms with Crippen LogP contribution in [0.5, 0.6) is 0 Å². The highest BCUT2D eigenvalue weighted by atomic mass is 32.2. The highest BCUT2D eigenvalue weighted by Gasteiger charge is 2.07. The lowest BCUT2D eigenvalue weighted by Gasteiger charge is -2.17. The van der Waals surface area contributed by atoms with Crippen LogP contribution in [0.4, 0.5) is 11.4 Å². The fourth-order valence-electron chi connectivity index (χ4n) is 2.06. The van der Waals surface area contributed by atoms with Crippen LogP contribution in [0.25, 0.3) is 10.8 Å². The van der Waals surface area contributed by atoms with Gasteiger partial charge in [0.25, 0.3) is 0 Å². The first-order valence-electron chi connectivity index (χ1n) is 6.69. The predicted molar refractivity (Wildman–Crippen MR) is 86.9 cm³/mol. The summed E-state index contributed by atoms with van der Waals surface area (Å²) in [6.45, 7) is 4.39. The summed E-state index contributed by atoms with van der Waals surface area (Å²) in [7, 11) is 0. The zero-order valence-electron chi connectivity index (χ0n) is 11.5. The fourth-order valence-corrected chi connectivity index (χ4v) is 2.87. The Hall–Kier alpha value is -1.42. The van der Waals surface area contributed by atoms with Crippen molar-refractivity contribution in [2.75, 3.05) is 22.6 Å². The molecule has 0 fully saturated rings. The molecular formula is C15H21N3S. The van der Waals surface area contributed by atoms with Gasteiger partial charge < -0.3 is 11.1 Å². The Morgan fingerprint density at radius 1 is 1.37 bits per heavy atom. The van der Waals surface area contributed by atoms with Crippen molar-refractivity contribution in [2.24, 2.45) is 0 Å². The Bertz CT molecular complexity index is 542. The van der Waals surface area contributed by atoms with Gasteiger partial charge in [0, 0.05) is 29.2 Å². The van der Waals surface area contributed by atoms with E-state index in [9.17, 15) is 0 Å². The quantitative estimate of drug-likeness (QED) is 0.622. The van der Waals surface area contributed by atoms with Gasteiger partial charge in [-0.2, -0.15) is 11.8 Å². The zero-order valence-corrected chi connectivity index (χ0v) is 12.3. The fraction of sp³-hybridized carbons (Fsp3) is 0.400. The summed E-state index contributed by atoms with van der Waals surface area (Å²) >= 11 is 1.97. The van der Waals surface area contributed by atoms with Crippen molar-refractivity contribution in [3.63, 3.8) is 0 Å². The molecule has 1 unspecified atom stereocenters. The molecule has 0 amide bonds. The van der Waals surface area contributed by atoms with Gasteiger partial charge >= 0.3 is 0 Å². The smallest absolute Gasteiger partial charge is 0.0630 e.